The number of nitrogens with zero attached hydrogens (tertiary/aromatic N) is 4. The molecule has 1 N–H and O–H groups in total. The van der Waals surface area contributed by atoms with Crippen molar-refractivity contribution in [2.75, 3.05) is 45.2 Å². The van der Waals surface area contributed by atoms with Crippen LogP contribution < -0.4 is 10.2 Å². The number of nitrogens with one attached hydrogen (secondary N) is 1. The van der Waals surface area contributed by atoms with Crippen molar-refractivity contribution < 1.29 is 4.79 Å². The van der Waals surface area contributed by atoms with E-state index in [0.29, 0.717) is 0 Å². The summed E-state index contributed by atoms with van der Waals surface area (Å²) in [7, 11) is 4.11. The second-order valence-electron chi connectivity index (χ2n) is 7.74. The van der Waals surface area contributed by atoms with Gasteiger partial charge in [0, 0.05) is 36.5 Å². The van der Waals surface area contributed by atoms with Crippen molar-refractivity contribution in [3.05, 3.63) is 29.0 Å². The summed E-state index contributed by atoms with van der Waals surface area (Å²) in [5, 5.41) is 8.30. The molecule has 4 rings (SSSR count). The summed E-state index contributed by atoms with van der Waals surface area (Å²) in [6.07, 6.45) is 2.75. The molecule has 1 saturated heterocycles. The zero-order valence-electron chi connectivity index (χ0n) is 16.9. The number of carbonyl (C=O) groups is 1. The average molecular weight is 430 g/mol. The van der Waals surface area contributed by atoms with E-state index >= 15 is 0 Å². The van der Waals surface area contributed by atoms with Crippen LogP contribution in [0.5, 0.6) is 0 Å². The number of thiophene rings is 1. The number of thiazole rings is 1. The molecule has 0 atom stereocenters. The zero-order chi connectivity index (χ0) is 20.2. The molecule has 29 heavy (non-hydrogen) atoms. The van der Waals surface area contributed by atoms with Crippen LogP contribution in [-0.2, 0) is 4.79 Å². The SMILES string of the molecule is CN(C)CCCNC(=O)C1CCN(c2nc3ccc(-c4ccsc4)nc3s2)CC1. The molecule has 0 saturated carbocycles. The van der Waals surface area contributed by atoms with Gasteiger partial charge >= 0.3 is 0 Å². The maximum Gasteiger partial charge on any atom is 0.223 e. The molecule has 1 fully saturated rings. The Morgan fingerprint density at radius 3 is 2.79 bits per heavy atom. The number of piperidine rings is 1. The van der Waals surface area contributed by atoms with E-state index < -0.39 is 0 Å². The first kappa shape index (κ1) is 20.3. The normalized spacial score (nSPS) is 15.3. The molecule has 0 aromatic carbocycles. The molecule has 3 aromatic rings. The molecule has 6 nitrogen and oxygen atoms in total. The van der Waals surface area contributed by atoms with Crippen LogP contribution in [0.2, 0.25) is 0 Å². The molecule has 0 spiro atoms. The predicted molar refractivity (Wildman–Crippen MR) is 122 cm³/mol. The van der Waals surface area contributed by atoms with Crippen LogP contribution in [0, 0.1) is 5.92 Å². The highest BCUT2D eigenvalue weighted by atomic mass is 32.1. The third kappa shape index (κ3) is 4.94. The van der Waals surface area contributed by atoms with E-state index in [0.717, 1.165) is 72.2 Å². The second kappa shape index (κ2) is 9.19. The van der Waals surface area contributed by atoms with Gasteiger partial charge < -0.3 is 15.1 Å². The molecule has 4 heterocycles. The molecule has 0 bridgehead atoms. The molecule has 1 aliphatic rings. The maximum absolute atomic E-state index is 12.4. The lowest BCUT2D eigenvalue weighted by molar-refractivity contribution is -0.125. The van der Waals surface area contributed by atoms with Gasteiger partial charge in [0.05, 0.1) is 5.69 Å². The largest absolute Gasteiger partial charge is 0.356 e. The van der Waals surface area contributed by atoms with Crippen molar-refractivity contribution in [1.29, 1.82) is 0 Å². The number of hydrogen-bond acceptors (Lipinski definition) is 7. The smallest absolute Gasteiger partial charge is 0.223 e. The summed E-state index contributed by atoms with van der Waals surface area (Å²) >= 11 is 3.33. The lowest BCUT2D eigenvalue weighted by Crippen LogP contribution is -2.41. The quantitative estimate of drug-likeness (QED) is 0.580. The lowest BCUT2D eigenvalue weighted by atomic mass is 9.96. The zero-order valence-corrected chi connectivity index (χ0v) is 18.6. The van der Waals surface area contributed by atoms with Crippen molar-refractivity contribution in [3.8, 4) is 11.3 Å². The van der Waals surface area contributed by atoms with E-state index in [1.807, 2.05) is 6.07 Å². The monoisotopic (exact) mass is 429 g/mol. The van der Waals surface area contributed by atoms with Crippen LogP contribution in [0.15, 0.2) is 29.0 Å². The van der Waals surface area contributed by atoms with Gasteiger partial charge in [0.1, 0.15) is 10.3 Å². The maximum atomic E-state index is 12.4. The van der Waals surface area contributed by atoms with Gasteiger partial charge in [-0.1, -0.05) is 11.3 Å². The van der Waals surface area contributed by atoms with Gasteiger partial charge in [-0.3, -0.25) is 4.79 Å². The fourth-order valence-corrected chi connectivity index (χ4v) is 5.24. The number of anilines is 1. The Kier molecular flexibility index (Phi) is 6.42. The van der Waals surface area contributed by atoms with Crippen molar-refractivity contribution in [2.24, 2.45) is 5.92 Å². The van der Waals surface area contributed by atoms with Gasteiger partial charge in [-0.05, 0) is 63.5 Å². The molecule has 3 aromatic heterocycles. The Bertz CT molecular complexity index is 945. The number of amides is 1. The van der Waals surface area contributed by atoms with Gasteiger partial charge in [0.25, 0.3) is 0 Å². The number of aromatic nitrogens is 2. The third-order valence-corrected chi connectivity index (χ3v) is 6.99. The number of fused-ring (bicyclic) bond motifs is 1. The number of rotatable bonds is 7. The van der Waals surface area contributed by atoms with Gasteiger partial charge in [-0.2, -0.15) is 11.3 Å². The Hall–Kier alpha value is -2.03. The topological polar surface area (TPSA) is 61.4 Å². The molecule has 1 aliphatic heterocycles. The molecule has 0 aliphatic carbocycles. The van der Waals surface area contributed by atoms with Crippen molar-refractivity contribution in [2.45, 2.75) is 19.3 Å². The van der Waals surface area contributed by atoms with Gasteiger partial charge in [0.2, 0.25) is 5.91 Å². The minimum absolute atomic E-state index is 0.114. The lowest BCUT2D eigenvalue weighted by Gasteiger charge is -2.31. The standard InChI is InChI=1S/C21H27N5OS2/c1-25(2)10-3-9-22-19(27)15-6-11-26(12-7-15)21-24-18-5-4-17(23-20(18)29-21)16-8-13-28-14-16/h4-5,8,13-15H,3,6-7,9-12H2,1-2H3,(H,22,27). The van der Waals surface area contributed by atoms with E-state index in [2.05, 4.69) is 52.1 Å². The second-order valence-corrected chi connectivity index (χ2v) is 9.47. The van der Waals surface area contributed by atoms with Gasteiger partial charge in [0.15, 0.2) is 5.13 Å². The number of carbonyl (C=O) groups excluding carboxylic acids is 1. The van der Waals surface area contributed by atoms with Gasteiger partial charge in [-0.15, -0.1) is 0 Å². The third-order valence-electron chi connectivity index (χ3n) is 5.28. The highest BCUT2D eigenvalue weighted by Crippen LogP contribution is 2.32. The molecule has 154 valence electrons. The van der Waals surface area contributed by atoms with E-state index in [1.165, 1.54) is 0 Å². The summed E-state index contributed by atoms with van der Waals surface area (Å²) in [5.41, 5.74) is 3.10. The fourth-order valence-electron chi connectivity index (χ4n) is 3.60. The summed E-state index contributed by atoms with van der Waals surface area (Å²) in [4.78, 5) is 27.4. The molecular formula is C21H27N5OS2. The molecule has 0 radical (unpaired) electrons. The first-order valence-corrected chi connectivity index (χ1v) is 11.8. The average Bonchev–Trinajstić information content (AvgIpc) is 3.40. The summed E-state index contributed by atoms with van der Waals surface area (Å²) < 4.78 is 0. The summed E-state index contributed by atoms with van der Waals surface area (Å²) in [6.45, 7) is 3.49. The van der Waals surface area contributed by atoms with Crippen molar-refractivity contribution in [1.82, 2.24) is 20.2 Å². The number of hydrogen-bond donors (Lipinski definition) is 1. The van der Waals surface area contributed by atoms with Crippen LogP contribution in [0.3, 0.4) is 0 Å². The molecule has 8 heteroatoms. The van der Waals surface area contributed by atoms with Crippen molar-refractivity contribution in [3.63, 3.8) is 0 Å². The predicted octanol–water partition coefficient (Wildman–Crippen LogP) is 3.70. The minimum Gasteiger partial charge on any atom is -0.356 e. The van der Waals surface area contributed by atoms with Crippen LogP contribution in [0.25, 0.3) is 21.6 Å². The van der Waals surface area contributed by atoms with E-state index in [-0.39, 0.29) is 11.8 Å². The Morgan fingerprint density at radius 2 is 2.07 bits per heavy atom. The molecular weight excluding hydrogens is 402 g/mol. The Balaban J connectivity index is 1.33. The van der Waals surface area contributed by atoms with E-state index in [9.17, 15) is 4.79 Å². The summed E-state index contributed by atoms with van der Waals surface area (Å²) in [5.74, 6) is 0.318. The molecule has 1 amide bonds. The number of pyridine rings is 1. The van der Waals surface area contributed by atoms with Crippen molar-refractivity contribution >= 4 is 44.1 Å². The Morgan fingerprint density at radius 1 is 1.24 bits per heavy atom. The fraction of sp³-hybridized carbons (Fsp3) is 0.476. The first-order chi connectivity index (χ1) is 14.1. The highest BCUT2D eigenvalue weighted by Gasteiger charge is 2.26. The van der Waals surface area contributed by atoms with Crippen LogP contribution in [0.1, 0.15) is 19.3 Å². The molecule has 0 unspecified atom stereocenters. The summed E-state index contributed by atoms with van der Waals surface area (Å²) in [6, 6.07) is 6.20. The van der Waals surface area contributed by atoms with E-state index in [4.69, 9.17) is 9.97 Å². The minimum atomic E-state index is 0.114. The highest BCUT2D eigenvalue weighted by molar-refractivity contribution is 7.21. The van der Waals surface area contributed by atoms with Crippen LogP contribution >= 0.6 is 22.7 Å². The van der Waals surface area contributed by atoms with Crippen LogP contribution in [-0.4, -0.2) is 61.0 Å². The van der Waals surface area contributed by atoms with Crippen LogP contribution in [0.4, 0.5) is 5.13 Å². The van der Waals surface area contributed by atoms with Gasteiger partial charge in [-0.25, -0.2) is 9.97 Å². The van der Waals surface area contributed by atoms with E-state index in [1.54, 1.807) is 22.7 Å². The Labute approximate surface area is 179 Å². The first-order valence-electron chi connectivity index (χ1n) is 10.1.